The number of aryl methyl sites for hydroxylation is 1. The average Bonchev–Trinajstić information content (AvgIpc) is 2.68. The zero-order chi connectivity index (χ0) is 19.6. The van der Waals surface area contributed by atoms with Gasteiger partial charge in [-0.25, -0.2) is 8.42 Å². The molecular weight excluding hydrogens is 374 g/mol. The summed E-state index contributed by atoms with van der Waals surface area (Å²) in [5.74, 6) is -3.71. The Kier molecular flexibility index (Phi) is 5.46. The lowest BCUT2D eigenvalue weighted by atomic mass is 10.1. The lowest BCUT2D eigenvalue weighted by Gasteiger charge is -2.36. The van der Waals surface area contributed by atoms with Gasteiger partial charge in [0.1, 0.15) is 0 Å². The third kappa shape index (κ3) is 3.95. The van der Waals surface area contributed by atoms with Crippen molar-refractivity contribution in [3.05, 3.63) is 59.7 Å². The second-order valence-corrected chi connectivity index (χ2v) is 8.31. The number of alkyl halides is 2. The van der Waals surface area contributed by atoms with Crippen molar-refractivity contribution in [1.29, 1.82) is 0 Å². The monoisotopic (exact) mass is 394 g/mol. The molecule has 0 atom stereocenters. The van der Waals surface area contributed by atoms with E-state index in [2.05, 4.69) is 11.0 Å². The van der Waals surface area contributed by atoms with Gasteiger partial charge < -0.3 is 9.80 Å². The van der Waals surface area contributed by atoms with Crippen LogP contribution in [0.15, 0.2) is 53.4 Å². The summed E-state index contributed by atoms with van der Waals surface area (Å²) in [5.41, 5.74) is 2.60. The minimum absolute atomic E-state index is 0.236. The molecule has 0 N–H and O–H groups in total. The fourth-order valence-electron chi connectivity index (χ4n) is 3.14. The summed E-state index contributed by atoms with van der Waals surface area (Å²) in [5, 5.41) is 0. The van der Waals surface area contributed by atoms with E-state index in [0.717, 1.165) is 17.8 Å². The second-order valence-electron chi connectivity index (χ2n) is 6.40. The van der Waals surface area contributed by atoms with Crippen LogP contribution in [0.5, 0.6) is 0 Å². The van der Waals surface area contributed by atoms with E-state index in [4.69, 9.17) is 0 Å². The van der Waals surface area contributed by atoms with E-state index in [0.29, 0.717) is 26.2 Å². The number of hydrogen-bond acceptors (Lipinski definition) is 4. The number of sulfone groups is 1. The van der Waals surface area contributed by atoms with Crippen LogP contribution in [0.2, 0.25) is 0 Å². The third-order valence-corrected chi connectivity index (χ3v) is 6.09. The van der Waals surface area contributed by atoms with Gasteiger partial charge in [0.15, 0.2) is 0 Å². The van der Waals surface area contributed by atoms with Crippen molar-refractivity contribution in [2.24, 2.45) is 0 Å². The van der Waals surface area contributed by atoms with Gasteiger partial charge in [-0.05, 0) is 42.8 Å². The Bertz CT molecular complexity index is 922. The predicted molar refractivity (Wildman–Crippen MR) is 98.9 cm³/mol. The summed E-state index contributed by atoms with van der Waals surface area (Å²) in [4.78, 5) is 16.0. The normalized spacial score (nSPS) is 15.3. The van der Waals surface area contributed by atoms with Gasteiger partial charge in [-0.2, -0.15) is 8.78 Å². The highest BCUT2D eigenvalue weighted by molar-refractivity contribution is 7.91. The van der Waals surface area contributed by atoms with E-state index >= 15 is 0 Å². The van der Waals surface area contributed by atoms with E-state index in [1.165, 1.54) is 17.7 Å². The number of para-hydroxylation sites is 1. The van der Waals surface area contributed by atoms with Crippen LogP contribution in [-0.4, -0.2) is 51.2 Å². The van der Waals surface area contributed by atoms with Gasteiger partial charge in [0.25, 0.3) is 5.91 Å². The summed E-state index contributed by atoms with van der Waals surface area (Å²) >= 11 is 0. The molecule has 2 aromatic carbocycles. The molecule has 144 valence electrons. The van der Waals surface area contributed by atoms with E-state index in [1.54, 1.807) is 4.90 Å². The van der Waals surface area contributed by atoms with Crippen molar-refractivity contribution in [2.75, 3.05) is 31.1 Å². The fourth-order valence-corrected chi connectivity index (χ4v) is 3.86. The van der Waals surface area contributed by atoms with E-state index in [9.17, 15) is 22.0 Å². The first-order valence-electron chi connectivity index (χ1n) is 8.52. The number of benzene rings is 2. The van der Waals surface area contributed by atoms with Crippen molar-refractivity contribution in [3.63, 3.8) is 0 Å². The number of carbonyl (C=O) groups excluding carboxylic acids is 1. The number of rotatable bonds is 4. The number of carbonyl (C=O) groups is 1. The molecule has 1 amide bonds. The molecule has 0 aromatic heterocycles. The number of halogens is 2. The van der Waals surface area contributed by atoms with Gasteiger partial charge in [0, 0.05) is 37.4 Å². The van der Waals surface area contributed by atoms with Crippen molar-refractivity contribution in [3.8, 4) is 0 Å². The molecule has 8 heteroatoms. The molecule has 0 spiro atoms. The van der Waals surface area contributed by atoms with Crippen LogP contribution in [0.1, 0.15) is 15.9 Å². The number of nitrogens with zero attached hydrogens (tertiary/aromatic N) is 2. The van der Waals surface area contributed by atoms with Crippen LogP contribution in [0.3, 0.4) is 0 Å². The van der Waals surface area contributed by atoms with E-state index < -0.39 is 20.5 Å². The van der Waals surface area contributed by atoms with Crippen molar-refractivity contribution < 1.29 is 22.0 Å². The lowest BCUT2D eigenvalue weighted by molar-refractivity contribution is 0.0746. The highest BCUT2D eigenvalue weighted by atomic mass is 32.2. The number of amides is 1. The summed E-state index contributed by atoms with van der Waals surface area (Å²) in [7, 11) is -4.65. The molecule has 0 unspecified atom stereocenters. The highest BCUT2D eigenvalue weighted by Gasteiger charge is 2.27. The Hall–Kier alpha value is -2.48. The van der Waals surface area contributed by atoms with Gasteiger partial charge in [-0.3, -0.25) is 4.79 Å². The van der Waals surface area contributed by atoms with Crippen molar-refractivity contribution in [2.45, 2.75) is 17.6 Å². The maximum atomic E-state index is 12.6. The predicted octanol–water partition coefficient (Wildman–Crippen LogP) is 2.95. The molecule has 0 aliphatic carbocycles. The first-order chi connectivity index (χ1) is 12.8. The standard InChI is InChI=1S/C19H20F2N2O3S/c1-14-4-2-3-5-17(14)22-10-12-23(13-11-22)18(24)15-6-8-16(9-7-15)27(25,26)19(20)21/h2-9,19H,10-13H2,1H3. The maximum absolute atomic E-state index is 12.6. The molecule has 5 nitrogen and oxygen atoms in total. The summed E-state index contributed by atoms with van der Waals surface area (Å²) in [6, 6.07) is 12.7. The zero-order valence-corrected chi connectivity index (χ0v) is 15.6. The summed E-state index contributed by atoms with van der Waals surface area (Å²) in [6.07, 6.45) is 0. The molecule has 0 bridgehead atoms. The van der Waals surface area contributed by atoms with Crippen LogP contribution in [0, 0.1) is 6.92 Å². The molecule has 27 heavy (non-hydrogen) atoms. The first-order valence-corrected chi connectivity index (χ1v) is 10.1. The molecule has 0 radical (unpaired) electrons. The topological polar surface area (TPSA) is 57.7 Å². The van der Waals surface area contributed by atoms with E-state index in [1.807, 2.05) is 25.1 Å². The third-order valence-electron chi connectivity index (χ3n) is 4.69. The fraction of sp³-hybridized carbons (Fsp3) is 0.316. The van der Waals surface area contributed by atoms with Crippen LogP contribution < -0.4 is 4.90 Å². The largest absolute Gasteiger partial charge is 0.368 e. The van der Waals surface area contributed by atoms with Crippen molar-refractivity contribution in [1.82, 2.24) is 4.90 Å². The minimum atomic E-state index is -4.65. The molecule has 2 aromatic rings. The van der Waals surface area contributed by atoms with E-state index in [-0.39, 0.29) is 11.5 Å². The highest BCUT2D eigenvalue weighted by Crippen LogP contribution is 2.22. The summed E-state index contributed by atoms with van der Waals surface area (Å²) in [6.45, 7) is 4.49. The first kappa shape index (κ1) is 19.3. The molecule has 1 saturated heterocycles. The van der Waals surface area contributed by atoms with Gasteiger partial charge in [0.05, 0.1) is 4.90 Å². The molecule has 1 aliphatic rings. The van der Waals surface area contributed by atoms with Crippen LogP contribution >= 0.6 is 0 Å². The Morgan fingerprint density at radius 1 is 0.963 bits per heavy atom. The molecule has 1 aliphatic heterocycles. The summed E-state index contributed by atoms with van der Waals surface area (Å²) < 4.78 is 48.1. The molecule has 0 saturated carbocycles. The maximum Gasteiger partial charge on any atom is 0.341 e. The smallest absolute Gasteiger partial charge is 0.341 e. The van der Waals surface area contributed by atoms with Crippen molar-refractivity contribution >= 4 is 21.4 Å². The molecule has 3 rings (SSSR count). The Morgan fingerprint density at radius 3 is 2.11 bits per heavy atom. The molecular formula is C19H20F2N2O3S. The van der Waals surface area contributed by atoms with Gasteiger partial charge >= 0.3 is 5.76 Å². The molecule has 1 fully saturated rings. The second kappa shape index (κ2) is 7.64. The lowest BCUT2D eigenvalue weighted by Crippen LogP contribution is -2.49. The van der Waals surface area contributed by atoms with Crippen LogP contribution in [-0.2, 0) is 9.84 Å². The quantitative estimate of drug-likeness (QED) is 0.800. The van der Waals surface area contributed by atoms with Gasteiger partial charge in [0.2, 0.25) is 9.84 Å². The molecule has 1 heterocycles. The van der Waals surface area contributed by atoms with Gasteiger partial charge in [-0.1, -0.05) is 18.2 Å². The Morgan fingerprint density at radius 2 is 1.56 bits per heavy atom. The number of anilines is 1. The SMILES string of the molecule is Cc1ccccc1N1CCN(C(=O)c2ccc(S(=O)(=O)C(F)F)cc2)CC1. The number of piperazine rings is 1. The van der Waals surface area contributed by atoms with Crippen LogP contribution in [0.4, 0.5) is 14.5 Å². The zero-order valence-electron chi connectivity index (χ0n) is 14.8. The average molecular weight is 394 g/mol. The van der Waals surface area contributed by atoms with Gasteiger partial charge in [-0.15, -0.1) is 0 Å². The Balaban J connectivity index is 1.67. The minimum Gasteiger partial charge on any atom is -0.368 e. The number of hydrogen-bond donors (Lipinski definition) is 0. The van der Waals surface area contributed by atoms with Crippen LogP contribution in [0.25, 0.3) is 0 Å². The Labute approximate surface area is 157 Å².